The average molecular weight is 605 g/mol. The highest BCUT2D eigenvalue weighted by atomic mass is 19.4. The molecule has 1 fully saturated rings. The van der Waals surface area contributed by atoms with Gasteiger partial charge in [0, 0.05) is 58.9 Å². The van der Waals surface area contributed by atoms with Crippen LogP contribution in [0.15, 0.2) is 73.3 Å². The lowest BCUT2D eigenvalue weighted by atomic mass is 10.0. The maximum absolute atomic E-state index is 14.0. The van der Waals surface area contributed by atoms with Crippen molar-refractivity contribution in [1.82, 2.24) is 25.3 Å². The first kappa shape index (κ1) is 29.2. The Morgan fingerprint density at radius 1 is 1.07 bits per heavy atom. The third kappa shape index (κ3) is 6.55. The van der Waals surface area contributed by atoms with Gasteiger partial charge in [0.1, 0.15) is 17.9 Å². The van der Waals surface area contributed by atoms with Crippen molar-refractivity contribution in [2.75, 3.05) is 11.9 Å². The maximum atomic E-state index is 14.0. The Bertz CT molecular complexity index is 1750. The second kappa shape index (κ2) is 12.4. The van der Waals surface area contributed by atoms with E-state index < -0.39 is 17.7 Å². The summed E-state index contributed by atoms with van der Waals surface area (Å²) in [7, 11) is 0. The fourth-order valence-electron chi connectivity index (χ4n) is 5.66. The van der Waals surface area contributed by atoms with Gasteiger partial charge < -0.3 is 30.4 Å². The number of H-pyrrole nitrogens is 2. The molecule has 5 aromatic rings. The molecule has 1 aliphatic carbocycles. The van der Waals surface area contributed by atoms with Crippen LogP contribution in [-0.4, -0.2) is 49.6 Å². The largest absolute Gasteiger partial charge is 0.487 e. The molecule has 228 valence electrons. The monoisotopic (exact) mass is 604 g/mol. The molecule has 3 heterocycles. The Morgan fingerprint density at radius 3 is 2.68 bits per heavy atom. The number of alkyl halides is 3. The number of hydrogen-bond donors (Lipinski definition) is 5. The van der Waals surface area contributed by atoms with Crippen LogP contribution in [0.2, 0.25) is 0 Å². The smallest absolute Gasteiger partial charge is 0.419 e. The molecule has 12 heteroatoms. The average Bonchev–Trinajstić information content (AvgIpc) is 3.76. The number of aromatic carboxylic acids is 1. The summed E-state index contributed by atoms with van der Waals surface area (Å²) < 4.78 is 47.9. The minimum atomic E-state index is -4.67. The number of rotatable bonds is 11. The summed E-state index contributed by atoms with van der Waals surface area (Å²) >= 11 is 0. The van der Waals surface area contributed by atoms with Crippen molar-refractivity contribution in [3.05, 3.63) is 95.6 Å². The Morgan fingerprint density at radius 2 is 1.89 bits per heavy atom. The number of aromatic amines is 2. The zero-order valence-electron chi connectivity index (χ0n) is 23.6. The molecular formula is C32H31F3N6O3. The van der Waals surface area contributed by atoms with Gasteiger partial charge in [-0.25, -0.2) is 14.8 Å². The topological polar surface area (TPSA) is 128 Å². The van der Waals surface area contributed by atoms with E-state index in [9.17, 15) is 23.1 Å². The SMILES string of the molecule is O=C(O)c1ccc2c(-c3nc(N[C@H]4CC[C@H](NCCc5c[nH]cc5OCc5ccccc5)C4)ncc3C(F)(F)F)c[nH]c2c1. The van der Waals surface area contributed by atoms with E-state index in [4.69, 9.17) is 4.74 Å². The first-order valence-corrected chi connectivity index (χ1v) is 14.4. The number of nitrogens with zero attached hydrogens (tertiary/aromatic N) is 2. The minimum Gasteiger partial charge on any atom is -0.487 e. The maximum Gasteiger partial charge on any atom is 0.419 e. The molecule has 0 saturated heterocycles. The van der Waals surface area contributed by atoms with Crippen molar-refractivity contribution in [2.45, 2.75) is 50.6 Å². The summed E-state index contributed by atoms with van der Waals surface area (Å²) in [6, 6.07) is 14.4. The van der Waals surface area contributed by atoms with E-state index in [-0.39, 0.29) is 34.9 Å². The van der Waals surface area contributed by atoms with Crippen LogP contribution >= 0.6 is 0 Å². The highest BCUT2D eigenvalue weighted by molar-refractivity contribution is 5.99. The van der Waals surface area contributed by atoms with Crippen LogP contribution in [0.5, 0.6) is 5.75 Å². The molecular weight excluding hydrogens is 573 g/mol. The van der Waals surface area contributed by atoms with Gasteiger partial charge in [-0.15, -0.1) is 0 Å². The lowest BCUT2D eigenvalue weighted by Crippen LogP contribution is -2.30. The number of carboxylic acid groups (broad SMARTS) is 1. The quantitative estimate of drug-likeness (QED) is 0.118. The van der Waals surface area contributed by atoms with E-state index in [1.165, 1.54) is 24.4 Å². The molecule has 1 aliphatic rings. The van der Waals surface area contributed by atoms with E-state index in [1.807, 2.05) is 42.7 Å². The number of carbonyl (C=O) groups is 1. The highest BCUT2D eigenvalue weighted by Gasteiger charge is 2.36. The van der Waals surface area contributed by atoms with E-state index in [1.54, 1.807) is 0 Å². The molecule has 0 unspecified atom stereocenters. The fourth-order valence-corrected chi connectivity index (χ4v) is 5.66. The van der Waals surface area contributed by atoms with Crippen LogP contribution < -0.4 is 15.4 Å². The van der Waals surface area contributed by atoms with Gasteiger partial charge in [0.05, 0.1) is 11.3 Å². The molecule has 2 aromatic carbocycles. The molecule has 9 nitrogen and oxygen atoms in total. The predicted molar refractivity (Wildman–Crippen MR) is 160 cm³/mol. The molecule has 2 atom stereocenters. The van der Waals surface area contributed by atoms with Crippen molar-refractivity contribution in [2.24, 2.45) is 0 Å². The Labute approximate surface area is 250 Å². The summed E-state index contributed by atoms with van der Waals surface area (Å²) in [5, 5.41) is 16.5. The number of benzene rings is 2. The number of hydrogen-bond acceptors (Lipinski definition) is 6. The van der Waals surface area contributed by atoms with Crippen molar-refractivity contribution in [1.29, 1.82) is 0 Å². The Hall–Kier alpha value is -4.84. The van der Waals surface area contributed by atoms with E-state index in [2.05, 4.69) is 30.6 Å². The number of aromatic nitrogens is 4. The fraction of sp³-hybridized carbons (Fsp3) is 0.281. The minimum absolute atomic E-state index is 0.00444. The van der Waals surface area contributed by atoms with Crippen LogP contribution in [-0.2, 0) is 19.2 Å². The van der Waals surface area contributed by atoms with E-state index >= 15 is 0 Å². The normalized spacial score (nSPS) is 16.8. The van der Waals surface area contributed by atoms with Gasteiger partial charge in [-0.05, 0) is 49.9 Å². The number of carboxylic acids is 1. The summed E-state index contributed by atoms with van der Waals surface area (Å²) in [4.78, 5) is 25.6. The molecule has 0 spiro atoms. The van der Waals surface area contributed by atoms with Gasteiger partial charge in [-0.3, -0.25) is 0 Å². The molecule has 0 radical (unpaired) electrons. The number of ether oxygens (including phenoxy) is 1. The molecule has 0 amide bonds. The third-order valence-electron chi connectivity index (χ3n) is 7.90. The number of anilines is 1. The zero-order valence-corrected chi connectivity index (χ0v) is 23.6. The van der Waals surface area contributed by atoms with Crippen LogP contribution in [0.4, 0.5) is 19.1 Å². The summed E-state index contributed by atoms with van der Waals surface area (Å²) in [5.74, 6) is -0.184. The van der Waals surface area contributed by atoms with Gasteiger partial charge in [-0.1, -0.05) is 36.4 Å². The first-order valence-electron chi connectivity index (χ1n) is 14.4. The second-order valence-corrected chi connectivity index (χ2v) is 10.9. The predicted octanol–water partition coefficient (Wildman–Crippen LogP) is 6.41. The van der Waals surface area contributed by atoms with E-state index in [0.717, 1.165) is 55.3 Å². The van der Waals surface area contributed by atoms with Crippen LogP contribution in [0.25, 0.3) is 22.2 Å². The van der Waals surface area contributed by atoms with Gasteiger partial charge in [0.15, 0.2) is 0 Å². The van der Waals surface area contributed by atoms with Gasteiger partial charge in [0.25, 0.3) is 0 Å². The summed E-state index contributed by atoms with van der Waals surface area (Å²) in [6.07, 6.45) is 4.62. The zero-order chi connectivity index (χ0) is 30.7. The second-order valence-electron chi connectivity index (χ2n) is 10.9. The van der Waals surface area contributed by atoms with Gasteiger partial charge in [0.2, 0.25) is 5.95 Å². The summed E-state index contributed by atoms with van der Waals surface area (Å²) in [5.41, 5.74) is 1.60. The molecule has 0 bridgehead atoms. The first-order chi connectivity index (χ1) is 21.2. The van der Waals surface area contributed by atoms with Gasteiger partial charge >= 0.3 is 12.1 Å². The summed E-state index contributed by atoms with van der Waals surface area (Å²) in [6.45, 7) is 1.25. The number of nitrogens with one attached hydrogen (secondary N) is 4. The Kier molecular flexibility index (Phi) is 8.25. The number of halogens is 3. The van der Waals surface area contributed by atoms with Crippen LogP contribution in [0.1, 0.15) is 46.3 Å². The molecule has 3 aromatic heterocycles. The van der Waals surface area contributed by atoms with Crippen LogP contribution in [0, 0.1) is 0 Å². The highest BCUT2D eigenvalue weighted by Crippen LogP contribution is 2.39. The Balaban J connectivity index is 1.08. The molecule has 44 heavy (non-hydrogen) atoms. The lowest BCUT2D eigenvalue weighted by Gasteiger charge is -2.17. The molecule has 1 saturated carbocycles. The lowest BCUT2D eigenvalue weighted by molar-refractivity contribution is -0.137. The molecule has 0 aliphatic heterocycles. The molecule has 5 N–H and O–H groups in total. The van der Waals surface area contributed by atoms with E-state index in [0.29, 0.717) is 17.5 Å². The number of fused-ring (bicyclic) bond motifs is 1. The molecule has 6 rings (SSSR count). The standard InChI is InChI=1S/C32H31F3N6O3/c33-32(34,35)26-16-39-31(41-29(26)25-15-38-27-12-20(30(42)43)6-9-24(25)27)40-23-8-7-22(13-23)37-11-10-21-14-36-17-28(21)44-18-19-4-2-1-3-5-19/h1-6,9,12,14-17,22-23,36-38H,7-8,10-11,13,18H2,(H,42,43)(H,39,40,41)/t22-,23-/m0/s1. The van der Waals surface area contributed by atoms with Crippen molar-refractivity contribution in [3.8, 4) is 17.0 Å². The van der Waals surface area contributed by atoms with Gasteiger partial charge in [-0.2, -0.15) is 13.2 Å². The van der Waals surface area contributed by atoms with Crippen molar-refractivity contribution >= 4 is 22.8 Å². The van der Waals surface area contributed by atoms with Crippen LogP contribution in [0.3, 0.4) is 0 Å². The third-order valence-corrected chi connectivity index (χ3v) is 7.90. The van der Waals surface area contributed by atoms with Crippen molar-refractivity contribution in [3.63, 3.8) is 0 Å². The van der Waals surface area contributed by atoms with Crippen molar-refractivity contribution < 1.29 is 27.8 Å².